The van der Waals surface area contributed by atoms with Gasteiger partial charge in [0, 0.05) is 24.2 Å². The molecule has 0 aliphatic carbocycles. The van der Waals surface area contributed by atoms with Crippen LogP contribution >= 0.6 is 11.6 Å². The van der Waals surface area contributed by atoms with Gasteiger partial charge in [-0.2, -0.15) is 13.2 Å². The van der Waals surface area contributed by atoms with E-state index in [1.807, 2.05) is 0 Å². The second-order valence-corrected chi connectivity index (χ2v) is 6.01. The first-order valence-electron chi connectivity index (χ1n) is 7.29. The Hall–Kier alpha value is -1.88. The molecule has 1 unspecified atom stereocenters. The van der Waals surface area contributed by atoms with Crippen molar-refractivity contribution < 1.29 is 13.2 Å². The lowest BCUT2D eigenvalue weighted by Gasteiger charge is -2.41. The van der Waals surface area contributed by atoms with Crippen molar-refractivity contribution in [3.8, 4) is 0 Å². The van der Waals surface area contributed by atoms with Crippen molar-refractivity contribution in [1.29, 1.82) is 0 Å². The normalized spacial score (nSPS) is 20.7. The molecule has 0 saturated heterocycles. The third kappa shape index (κ3) is 2.17. The zero-order chi connectivity index (χ0) is 16.8. The number of benzene rings is 2. The number of halogens is 4. The van der Waals surface area contributed by atoms with Gasteiger partial charge in [0.15, 0.2) is 5.54 Å². The summed E-state index contributed by atoms with van der Waals surface area (Å²) in [6.07, 6.45) is -4.70. The van der Waals surface area contributed by atoms with E-state index in [2.05, 4.69) is 0 Å². The van der Waals surface area contributed by atoms with Crippen LogP contribution in [0.5, 0.6) is 0 Å². The van der Waals surface area contributed by atoms with Crippen molar-refractivity contribution in [3.63, 3.8) is 0 Å². The number of anilines is 2. The quantitative estimate of drug-likeness (QED) is 0.798. The van der Waals surface area contributed by atoms with Crippen LogP contribution in [0.2, 0.25) is 5.02 Å². The molecule has 0 radical (unpaired) electrons. The maximum atomic E-state index is 14.2. The third-order valence-corrected chi connectivity index (χ3v) is 4.83. The van der Waals surface area contributed by atoms with Crippen molar-refractivity contribution >= 4 is 23.0 Å². The predicted molar refractivity (Wildman–Crippen MR) is 86.8 cm³/mol. The highest BCUT2D eigenvalue weighted by Gasteiger charge is 2.62. The van der Waals surface area contributed by atoms with Gasteiger partial charge in [0.25, 0.3) is 0 Å². The van der Waals surface area contributed by atoms with Crippen molar-refractivity contribution in [3.05, 3.63) is 58.6 Å². The first kappa shape index (κ1) is 16.0. The molecular formula is C17H16ClF3N2. The van der Waals surface area contributed by atoms with Crippen LogP contribution in [0.25, 0.3) is 0 Å². The van der Waals surface area contributed by atoms with Crippen LogP contribution in [0, 0.1) is 0 Å². The number of hydrogen-bond acceptors (Lipinski definition) is 2. The number of rotatable bonds is 2. The summed E-state index contributed by atoms with van der Waals surface area (Å²) in [6.45, 7) is 1.92. The molecule has 3 rings (SSSR count). The van der Waals surface area contributed by atoms with E-state index in [-0.39, 0.29) is 29.2 Å². The average Bonchev–Trinajstić information content (AvgIpc) is 2.87. The van der Waals surface area contributed by atoms with Gasteiger partial charge >= 0.3 is 6.18 Å². The number of nitrogens with two attached hydrogens (primary N) is 1. The van der Waals surface area contributed by atoms with E-state index in [1.165, 1.54) is 17.0 Å². The summed E-state index contributed by atoms with van der Waals surface area (Å²) in [4.78, 5) is 1.38. The Bertz CT molecular complexity index is 731. The molecule has 0 spiro atoms. The third-order valence-electron chi connectivity index (χ3n) is 4.50. The second kappa shape index (κ2) is 5.34. The maximum Gasteiger partial charge on any atom is 0.416 e. The van der Waals surface area contributed by atoms with Gasteiger partial charge in [-0.3, -0.25) is 0 Å². The summed E-state index contributed by atoms with van der Waals surface area (Å²) in [7, 11) is 0. The number of fused-ring (bicyclic) bond motifs is 1. The Morgan fingerprint density at radius 2 is 1.83 bits per heavy atom. The number of likely N-dealkylation sites (N-methyl/N-ethyl adjacent to an activating group) is 1. The van der Waals surface area contributed by atoms with E-state index in [1.54, 1.807) is 37.3 Å². The van der Waals surface area contributed by atoms with Crippen LogP contribution in [-0.2, 0) is 12.0 Å². The zero-order valence-electron chi connectivity index (χ0n) is 12.5. The minimum Gasteiger partial charge on any atom is -0.397 e. The molecule has 2 N–H and O–H groups in total. The average molecular weight is 341 g/mol. The summed E-state index contributed by atoms with van der Waals surface area (Å²) in [5.41, 5.74) is 5.24. The number of nitrogen functional groups attached to an aromatic ring is 1. The van der Waals surface area contributed by atoms with Gasteiger partial charge in [-0.25, -0.2) is 0 Å². The van der Waals surface area contributed by atoms with E-state index >= 15 is 0 Å². The summed E-state index contributed by atoms with van der Waals surface area (Å²) < 4.78 is 42.7. The molecule has 23 heavy (non-hydrogen) atoms. The Balaban J connectivity index is 2.29. The van der Waals surface area contributed by atoms with Crippen LogP contribution < -0.4 is 10.6 Å². The van der Waals surface area contributed by atoms with E-state index < -0.39 is 11.7 Å². The highest BCUT2D eigenvalue weighted by atomic mass is 35.5. The standard InChI is InChI=1S/C17H16ClF3N2/c1-2-23-14-9-8-13(18)15(22)12(14)10-16(23,17(19,20)21)11-6-4-3-5-7-11/h3-9H,2,10,22H2,1H3. The van der Waals surface area contributed by atoms with Crippen molar-refractivity contribution in [1.82, 2.24) is 0 Å². The van der Waals surface area contributed by atoms with Gasteiger partial charge < -0.3 is 10.6 Å². The lowest BCUT2D eigenvalue weighted by molar-refractivity contribution is -0.188. The molecule has 2 nitrogen and oxygen atoms in total. The molecule has 1 aliphatic rings. The van der Waals surface area contributed by atoms with Crippen LogP contribution in [0.3, 0.4) is 0 Å². The van der Waals surface area contributed by atoms with Crippen molar-refractivity contribution in [2.75, 3.05) is 17.2 Å². The summed E-state index contributed by atoms with van der Waals surface area (Å²) in [5, 5.41) is 0.283. The number of alkyl halides is 3. The van der Waals surface area contributed by atoms with E-state index in [4.69, 9.17) is 17.3 Å². The van der Waals surface area contributed by atoms with Crippen LogP contribution in [-0.4, -0.2) is 12.7 Å². The molecule has 0 aromatic heterocycles. The summed E-state index contributed by atoms with van der Waals surface area (Å²) in [6, 6.07) is 11.1. The molecule has 1 aliphatic heterocycles. The SMILES string of the molecule is CCN1c2ccc(Cl)c(N)c2CC1(c1ccccc1)C(F)(F)F. The van der Waals surface area contributed by atoms with Gasteiger partial charge in [0.2, 0.25) is 0 Å². The molecule has 6 heteroatoms. The van der Waals surface area contributed by atoms with Gasteiger partial charge in [0.1, 0.15) is 0 Å². The monoisotopic (exact) mass is 340 g/mol. The molecule has 2 aromatic carbocycles. The van der Waals surface area contributed by atoms with Crippen LogP contribution in [0.4, 0.5) is 24.5 Å². The van der Waals surface area contributed by atoms with Gasteiger partial charge in [-0.1, -0.05) is 41.9 Å². The van der Waals surface area contributed by atoms with E-state index in [0.29, 0.717) is 11.3 Å². The Morgan fingerprint density at radius 1 is 1.17 bits per heavy atom. The lowest BCUT2D eigenvalue weighted by atomic mass is 9.85. The number of hydrogen-bond donors (Lipinski definition) is 1. The molecule has 122 valence electrons. The minimum atomic E-state index is -4.46. The Morgan fingerprint density at radius 3 is 2.39 bits per heavy atom. The summed E-state index contributed by atoms with van der Waals surface area (Å²) >= 11 is 6.01. The first-order chi connectivity index (χ1) is 10.8. The molecule has 0 fully saturated rings. The first-order valence-corrected chi connectivity index (χ1v) is 7.67. The highest BCUT2D eigenvalue weighted by Crippen LogP contribution is 2.55. The van der Waals surface area contributed by atoms with Crippen LogP contribution in [0.15, 0.2) is 42.5 Å². The Kier molecular flexibility index (Phi) is 3.71. The lowest BCUT2D eigenvalue weighted by Crippen LogP contribution is -2.55. The predicted octanol–water partition coefficient (Wildman–Crippen LogP) is 4.76. The van der Waals surface area contributed by atoms with E-state index in [0.717, 1.165) is 0 Å². The largest absolute Gasteiger partial charge is 0.416 e. The topological polar surface area (TPSA) is 29.3 Å². The van der Waals surface area contributed by atoms with E-state index in [9.17, 15) is 13.2 Å². The molecule has 2 aromatic rings. The highest BCUT2D eigenvalue weighted by molar-refractivity contribution is 6.33. The molecule has 0 bridgehead atoms. The Labute approximate surface area is 137 Å². The van der Waals surface area contributed by atoms with Gasteiger partial charge in [-0.15, -0.1) is 0 Å². The molecule has 1 heterocycles. The van der Waals surface area contributed by atoms with Crippen molar-refractivity contribution in [2.45, 2.75) is 25.1 Å². The molecule has 1 atom stereocenters. The summed E-state index contributed by atoms with van der Waals surface area (Å²) in [5.74, 6) is 0. The molecular weight excluding hydrogens is 325 g/mol. The zero-order valence-corrected chi connectivity index (χ0v) is 13.2. The van der Waals surface area contributed by atoms with Gasteiger partial charge in [0.05, 0.1) is 10.7 Å². The smallest absolute Gasteiger partial charge is 0.397 e. The minimum absolute atomic E-state index is 0.209. The van der Waals surface area contributed by atoms with Crippen LogP contribution in [0.1, 0.15) is 18.1 Å². The number of nitrogens with zero attached hydrogens (tertiary/aromatic N) is 1. The fourth-order valence-electron chi connectivity index (χ4n) is 3.45. The van der Waals surface area contributed by atoms with Gasteiger partial charge in [-0.05, 0) is 24.6 Å². The molecule has 0 saturated carbocycles. The maximum absolute atomic E-state index is 14.2. The fraction of sp³-hybridized carbons (Fsp3) is 0.294. The fourth-order valence-corrected chi connectivity index (χ4v) is 3.63. The molecule has 0 amide bonds. The second-order valence-electron chi connectivity index (χ2n) is 5.60. The van der Waals surface area contributed by atoms with Crippen molar-refractivity contribution in [2.24, 2.45) is 0 Å².